The fraction of sp³-hybridized carbons (Fsp3) is 0.625. The van der Waals surface area contributed by atoms with Crippen LogP contribution in [0.15, 0.2) is 16.7 Å². The Morgan fingerprint density at radius 2 is 2.14 bits per heavy atom. The number of rotatable bonds is 6. The van der Waals surface area contributed by atoms with Gasteiger partial charge in [-0.25, -0.2) is 4.79 Å². The highest BCUT2D eigenvalue weighted by atomic mass is 16.5. The number of amides is 1. The Labute approximate surface area is 129 Å². The van der Waals surface area contributed by atoms with Crippen molar-refractivity contribution in [1.82, 2.24) is 5.32 Å². The highest BCUT2D eigenvalue weighted by Gasteiger charge is 2.66. The minimum absolute atomic E-state index is 0.191. The molecule has 0 spiro atoms. The van der Waals surface area contributed by atoms with Gasteiger partial charge in [0, 0.05) is 24.9 Å². The summed E-state index contributed by atoms with van der Waals surface area (Å²) in [5.41, 5.74) is -1.63. The molecule has 1 aliphatic rings. The lowest BCUT2D eigenvalue weighted by molar-refractivity contribution is -0.190. The average molecular weight is 309 g/mol. The van der Waals surface area contributed by atoms with Gasteiger partial charge in [-0.3, -0.25) is 4.79 Å². The standard InChI is InChI=1S/C16H23NO5/c1-5-11-10(7-8-22-11)13(18)17-16(14(19)20)9-12(21-6-2)15(16,3)4/h7-8,12H,5-6,9H2,1-4H3,(H,17,18)(H,19,20). The molecule has 1 aliphatic carbocycles. The Balaban J connectivity index is 2.24. The number of nitrogens with one attached hydrogen (secondary N) is 1. The predicted molar refractivity (Wildman–Crippen MR) is 79.7 cm³/mol. The van der Waals surface area contributed by atoms with E-state index in [-0.39, 0.29) is 12.5 Å². The smallest absolute Gasteiger partial charge is 0.330 e. The van der Waals surface area contributed by atoms with Gasteiger partial charge in [-0.1, -0.05) is 20.8 Å². The monoisotopic (exact) mass is 309 g/mol. The van der Waals surface area contributed by atoms with E-state index in [9.17, 15) is 14.7 Å². The lowest BCUT2D eigenvalue weighted by Gasteiger charge is -2.58. The molecule has 6 nitrogen and oxygen atoms in total. The minimum Gasteiger partial charge on any atom is -0.479 e. The van der Waals surface area contributed by atoms with Crippen molar-refractivity contribution in [3.8, 4) is 0 Å². The van der Waals surface area contributed by atoms with Crippen molar-refractivity contribution >= 4 is 11.9 Å². The maximum Gasteiger partial charge on any atom is 0.330 e. The third-order valence-electron chi connectivity index (χ3n) is 4.77. The predicted octanol–water partition coefficient (Wildman–Crippen LogP) is 2.23. The summed E-state index contributed by atoms with van der Waals surface area (Å²) in [7, 11) is 0. The van der Waals surface area contributed by atoms with Crippen molar-refractivity contribution in [2.75, 3.05) is 6.61 Å². The third-order valence-corrected chi connectivity index (χ3v) is 4.77. The largest absolute Gasteiger partial charge is 0.479 e. The van der Waals surface area contributed by atoms with Gasteiger partial charge in [-0.2, -0.15) is 0 Å². The van der Waals surface area contributed by atoms with E-state index in [2.05, 4.69) is 5.32 Å². The molecule has 1 aromatic heterocycles. The van der Waals surface area contributed by atoms with Gasteiger partial charge < -0.3 is 19.6 Å². The molecule has 2 N–H and O–H groups in total. The molecule has 122 valence electrons. The van der Waals surface area contributed by atoms with Crippen LogP contribution in [-0.4, -0.2) is 35.2 Å². The summed E-state index contributed by atoms with van der Waals surface area (Å²) >= 11 is 0. The Morgan fingerprint density at radius 3 is 2.64 bits per heavy atom. The van der Waals surface area contributed by atoms with Gasteiger partial charge in [-0.05, 0) is 13.0 Å². The first-order valence-electron chi connectivity index (χ1n) is 7.54. The Kier molecular flexibility index (Phi) is 4.33. The molecule has 2 unspecified atom stereocenters. The second-order valence-electron chi connectivity index (χ2n) is 6.15. The molecule has 6 heteroatoms. The first kappa shape index (κ1) is 16.5. The van der Waals surface area contributed by atoms with Crippen molar-refractivity contribution in [1.29, 1.82) is 0 Å². The molecular weight excluding hydrogens is 286 g/mol. The number of hydrogen-bond acceptors (Lipinski definition) is 4. The van der Waals surface area contributed by atoms with Gasteiger partial charge in [0.05, 0.1) is 17.9 Å². The number of carbonyl (C=O) groups excluding carboxylic acids is 1. The number of hydrogen-bond donors (Lipinski definition) is 2. The zero-order valence-corrected chi connectivity index (χ0v) is 13.4. The number of carboxylic acids is 1. The summed E-state index contributed by atoms with van der Waals surface area (Å²) in [6, 6.07) is 1.56. The number of aryl methyl sites for hydroxylation is 1. The summed E-state index contributed by atoms with van der Waals surface area (Å²) < 4.78 is 10.8. The zero-order chi connectivity index (χ0) is 16.5. The van der Waals surface area contributed by atoms with Crippen LogP contribution in [0.2, 0.25) is 0 Å². The fourth-order valence-corrected chi connectivity index (χ4v) is 3.11. The second-order valence-corrected chi connectivity index (χ2v) is 6.15. The number of carbonyl (C=O) groups is 2. The van der Waals surface area contributed by atoms with Crippen LogP contribution in [0, 0.1) is 5.41 Å². The normalized spacial score (nSPS) is 26.3. The lowest BCUT2D eigenvalue weighted by atomic mass is 9.54. The van der Waals surface area contributed by atoms with Crippen molar-refractivity contribution in [2.45, 2.75) is 52.2 Å². The molecular formula is C16H23NO5. The van der Waals surface area contributed by atoms with Crippen LogP contribution in [0.5, 0.6) is 0 Å². The summed E-state index contributed by atoms with van der Waals surface area (Å²) in [5, 5.41) is 12.4. The van der Waals surface area contributed by atoms with Crippen LogP contribution in [0.3, 0.4) is 0 Å². The number of ether oxygens (including phenoxy) is 1. The van der Waals surface area contributed by atoms with E-state index < -0.39 is 22.8 Å². The second kappa shape index (κ2) is 5.76. The first-order chi connectivity index (χ1) is 10.3. The van der Waals surface area contributed by atoms with Crippen LogP contribution in [0.4, 0.5) is 0 Å². The van der Waals surface area contributed by atoms with Gasteiger partial charge in [0.2, 0.25) is 0 Å². The number of furan rings is 1. The molecule has 1 saturated carbocycles. The fourth-order valence-electron chi connectivity index (χ4n) is 3.11. The van der Waals surface area contributed by atoms with Gasteiger partial charge in [0.15, 0.2) is 0 Å². The Bertz CT molecular complexity index is 577. The first-order valence-corrected chi connectivity index (χ1v) is 7.54. The quantitative estimate of drug-likeness (QED) is 0.841. The van der Waals surface area contributed by atoms with Gasteiger partial charge >= 0.3 is 5.97 Å². The molecule has 2 atom stereocenters. The molecule has 22 heavy (non-hydrogen) atoms. The van der Waals surface area contributed by atoms with Crippen molar-refractivity contribution < 1.29 is 23.8 Å². The van der Waals surface area contributed by atoms with Crippen molar-refractivity contribution in [3.05, 3.63) is 23.7 Å². The van der Waals surface area contributed by atoms with Crippen LogP contribution >= 0.6 is 0 Å². The van der Waals surface area contributed by atoms with E-state index in [1.165, 1.54) is 6.26 Å². The van der Waals surface area contributed by atoms with Gasteiger partial charge in [0.1, 0.15) is 11.3 Å². The highest BCUT2D eigenvalue weighted by Crippen LogP contribution is 2.51. The van der Waals surface area contributed by atoms with Gasteiger partial charge in [0.25, 0.3) is 5.91 Å². The van der Waals surface area contributed by atoms with Crippen LogP contribution < -0.4 is 5.32 Å². The summed E-state index contributed by atoms with van der Waals surface area (Å²) in [5.74, 6) is -0.907. The Hall–Kier alpha value is -1.82. The van der Waals surface area contributed by atoms with Crippen LogP contribution in [0.25, 0.3) is 0 Å². The van der Waals surface area contributed by atoms with Crippen LogP contribution in [0.1, 0.15) is 50.2 Å². The van der Waals surface area contributed by atoms with Gasteiger partial charge in [-0.15, -0.1) is 0 Å². The SMILES string of the molecule is CCOC1CC(NC(=O)c2ccoc2CC)(C(=O)O)C1(C)C. The molecule has 0 radical (unpaired) electrons. The maximum atomic E-state index is 12.5. The van der Waals surface area contributed by atoms with Crippen molar-refractivity contribution in [2.24, 2.45) is 5.41 Å². The number of aliphatic carboxylic acids is 1. The Morgan fingerprint density at radius 1 is 1.45 bits per heavy atom. The molecule has 0 aromatic carbocycles. The molecule has 0 aliphatic heterocycles. The zero-order valence-electron chi connectivity index (χ0n) is 13.4. The van der Waals surface area contributed by atoms with E-state index in [0.717, 1.165) is 0 Å². The summed E-state index contributed by atoms with van der Waals surface area (Å²) in [6.07, 6.45) is 2.08. The lowest BCUT2D eigenvalue weighted by Crippen LogP contribution is -2.76. The molecule has 1 aromatic rings. The third kappa shape index (κ3) is 2.31. The highest BCUT2D eigenvalue weighted by molar-refractivity contribution is 5.99. The maximum absolute atomic E-state index is 12.5. The molecule has 1 fully saturated rings. The summed E-state index contributed by atoms with van der Waals surface area (Å²) in [6.45, 7) is 7.87. The average Bonchev–Trinajstić information content (AvgIpc) is 2.93. The summed E-state index contributed by atoms with van der Waals surface area (Å²) in [4.78, 5) is 24.3. The van der Waals surface area contributed by atoms with E-state index >= 15 is 0 Å². The van der Waals surface area contributed by atoms with E-state index in [0.29, 0.717) is 24.4 Å². The van der Waals surface area contributed by atoms with Crippen molar-refractivity contribution in [3.63, 3.8) is 0 Å². The molecule has 1 amide bonds. The van der Waals surface area contributed by atoms with E-state index in [4.69, 9.17) is 9.15 Å². The van der Waals surface area contributed by atoms with E-state index in [1.54, 1.807) is 19.9 Å². The minimum atomic E-state index is -1.33. The molecule has 0 saturated heterocycles. The van der Waals surface area contributed by atoms with E-state index in [1.807, 2.05) is 13.8 Å². The molecule has 1 heterocycles. The topological polar surface area (TPSA) is 88.8 Å². The van der Waals surface area contributed by atoms with Crippen LogP contribution in [-0.2, 0) is 16.0 Å². The number of carboxylic acid groups (broad SMARTS) is 1. The molecule has 0 bridgehead atoms. The molecule has 2 rings (SSSR count).